The van der Waals surface area contributed by atoms with Crippen molar-refractivity contribution in [1.29, 1.82) is 0 Å². The molecule has 6 heteroatoms. The van der Waals surface area contributed by atoms with Crippen molar-refractivity contribution >= 4 is 60.4 Å². The summed E-state index contributed by atoms with van der Waals surface area (Å²) in [6, 6.07) is 4.14. The monoisotopic (exact) mass is 330 g/mol. The lowest BCUT2D eigenvalue weighted by atomic mass is 10.3. The molecule has 0 aromatic carbocycles. The zero-order chi connectivity index (χ0) is 11.1. The maximum absolute atomic E-state index is 6.02. The SMILES string of the molecule is Clc1ncnc2cc(-c3csc(Br)c3)sc12. The van der Waals surface area contributed by atoms with Crippen LogP contribution in [0.2, 0.25) is 5.15 Å². The molecule has 3 rings (SSSR count). The van der Waals surface area contributed by atoms with Gasteiger partial charge in [-0.3, -0.25) is 0 Å². The van der Waals surface area contributed by atoms with Gasteiger partial charge in [-0.2, -0.15) is 0 Å². The van der Waals surface area contributed by atoms with E-state index < -0.39 is 0 Å². The highest BCUT2D eigenvalue weighted by Gasteiger charge is 2.09. The quantitative estimate of drug-likeness (QED) is 0.597. The third-order valence-corrected chi connectivity index (χ3v) is 5.20. The Morgan fingerprint density at radius 1 is 1.25 bits per heavy atom. The average molecular weight is 332 g/mol. The number of thiophene rings is 2. The van der Waals surface area contributed by atoms with E-state index in [2.05, 4.69) is 37.3 Å². The molecular formula is C10H4BrClN2S2. The molecule has 80 valence electrons. The van der Waals surface area contributed by atoms with Gasteiger partial charge in [0.1, 0.15) is 11.5 Å². The predicted molar refractivity (Wildman–Crippen MR) is 73.4 cm³/mol. The zero-order valence-corrected chi connectivity index (χ0v) is 11.8. The van der Waals surface area contributed by atoms with Gasteiger partial charge in [-0.15, -0.1) is 22.7 Å². The standard InChI is InChI=1S/C10H4BrClN2S2/c11-8-1-5(3-15-8)7-2-6-9(16-7)10(12)14-4-13-6/h1-4H. The van der Waals surface area contributed by atoms with Gasteiger partial charge in [0.05, 0.1) is 14.0 Å². The fourth-order valence-corrected chi connectivity index (χ4v) is 3.87. The normalized spacial score (nSPS) is 11.1. The van der Waals surface area contributed by atoms with Crippen molar-refractivity contribution in [1.82, 2.24) is 9.97 Å². The molecule has 0 aliphatic heterocycles. The minimum Gasteiger partial charge on any atom is -0.235 e. The highest BCUT2D eigenvalue weighted by molar-refractivity contribution is 9.11. The van der Waals surface area contributed by atoms with E-state index in [4.69, 9.17) is 11.6 Å². The molecule has 0 spiro atoms. The summed E-state index contributed by atoms with van der Waals surface area (Å²) in [4.78, 5) is 9.35. The van der Waals surface area contributed by atoms with E-state index >= 15 is 0 Å². The maximum Gasteiger partial charge on any atom is 0.150 e. The van der Waals surface area contributed by atoms with Crippen molar-refractivity contribution in [3.8, 4) is 10.4 Å². The molecule has 3 heterocycles. The first-order valence-corrected chi connectivity index (χ1v) is 7.25. The summed E-state index contributed by atoms with van der Waals surface area (Å²) in [6.45, 7) is 0. The minimum atomic E-state index is 0.524. The van der Waals surface area contributed by atoms with Crippen molar-refractivity contribution in [2.75, 3.05) is 0 Å². The largest absolute Gasteiger partial charge is 0.235 e. The van der Waals surface area contributed by atoms with Crippen molar-refractivity contribution in [3.05, 3.63) is 32.8 Å². The summed E-state index contributed by atoms with van der Waals surface area (Å²) in [5.41, 5.74) is 2.10. The van der Waals surface area contributed by atoms with E-state index in [1.807, 2.05) is 6.07 Å². The lowest BCUT2D eigenvalue weighted by Gasteiger charge is -1.88. The molecule has 0 aliphatic rings. The highest BCUT2D eigenvalue weighted by atomic mass is 79.9. The van der Waals surface area contributed by atoms with E-state index in [-0.39, 0.29) is 0 Å². The lowest BCUT2D eigenvalue weighted by molar-refractivity contribution is 1.23. The van der Waals surface area contributed by atoms with Crippen molar-refractivity contribution in [2.24, 2.45) is 0 Å². The van der Waals surface area contributed by atoms with Crippen molar-refractivity contribution in [3.63, 3.8) is 0 Å². The molecule has 0 unspecified atom stereocenters. The van der Waals surface area contributed by atoms with Crippen molar-refractivity contribution < 1.29 is 0 Å². The minimum absolute atomic E-state index is 0.524. The first-order valence-electron chi connectivity index (χ1n) is 4.38. The Balaban J connectivity index is 2.22. The lowest BCUT2D eigenvalue weighted by Crippen LogP contribution is -1.76. The molecular weight excluding hydrogens is 328 g/mol. The summed E-state index contributed by atoms with van der Waals surface area (Å²) in [5.74, 6) is 0. The summed E-state index contributed by atoms with van der Waals surface area (Å²) in [7, 11) is 0. The Bertz CT molecular complexity index is 662. The summed E-state index contributed by atoms with van der Waals surface area (Å²) >= 11 is 12.8. The van der Waals surface area contributed by atoms with Gasteiger partial charge in [0.15, 0.2) is 0 Å². The molecule has 0 fully saturated rings. The number of nitrogens with zero attached hydrogens (tertiary/aromatic N) is 2. The van der Waals surface area contributed by atoms with Crippen LogP contribution in [0.25, 0.3) is 20.7 Å². The predicted octanol–water partition coefficient (Wildman–Crippen LogP) is 4.84. The van der Waals surface area contributed by atoms with Crippen LogP contribution in [0.3, 0.4) is 0 Å². The number of aromatic nitrogens is 2. The number of fused-ring (bicyclic) bond motifs is 1. The topological polar surface area (TPSA) is 25.8 Å². The Labute approximate surface area is 113 Å². The second-order valence-corrected chi connectivity index (χ2v) is 6.83. The van der Waals surface area contributed by atoms with Crippen LogP contribution in [0.5, 0.6) is 0 Å². The molecule has 2 nitrogen and oxygen atoms in total. The Morgan fingerprint density at radius 3 is 2.81 bits per heavy atom. The van der Waals surface area contributed by atoms with E-state index in [0.717, 1.165) is 14.0 Å². The van der Waals surface area contributed by atoms with Crippen LogP contribution in [0.1, 0.15) is 0 Å². The number of halogens is 2. The van der Waals surface area contributed by atoms with Crippen molar-refractivity contribution in [2.45, 2.75) is 0 Å². The van der Waals surface area contributed by atoms with Crippen LogP contribution in [0.15, 0.2) is 27.6 Å². The smallest absolute Gasteiger partial charge is 0.150 e. The molecule has 0 aliphatic carbocycles. The molecule has 16 heavy (non-hydrogen) atoms. The van der Waals surface area contributed by atoms with Crippen LogP contribution in [0.4, 0.5) is 0 Å². The van der Waals surface area contributed by atoms with Gasteiger partial charge in [0, 0.05) is 15.8 Å². The van der Waals surface area contributed by atoms with Gasteiger partial charge in [0.2, 0.25) is 0 Å². The molecule has 0 amide bonds. The van der Waals surface area contributed by atoms with Crippen LogP contribution < -0.4 is 0 Å². The first kappa shape index (κ1) is 10.7. The van der Waals surface area contributed by atoms with Gasteiger partial charge >= 0.3 is 0 Å². The molecule has 0 bridgehead atoms. The number of hydrogen-bond acceptors (Lipinski definition) is 4. The van der Waals surface area contributed by atoms with Gasteiger partial charge in [-0.1, -0.05) is 11.6 Å². The molecule has 0 saturated carbocycles. The average Bonchev–Trinajstić information content (AvgIpc) is 2.84. The van der Waals surface area contributed by atoms with Gasteiger partial charge in [-0.25, -0.2) is 9.97 Å². The fourth-order valence-electron chi connectivity index (χ4n) is 1.41. The third-order valence-electron chi connectivity index (χ3n) is 2.12. The second-order valence-electron chi connectivity index (χ2n) is 3.13. The first-order chi connectivity index (χ1) is 7.74. The Hall–Kier alpha value is -0.490. The summed E-state index contributed by atoms with van der Waals surface area (Å²) in [5, 5.41) is 2.63. The van der Waals surface area contributed by atoms with E-state index in [9.17, 15) is 0 Å². The second kappa shape index (κ2) is 4.07. The van der Waals surface area contributed by atoms with Gasteiger partial charge in [0.25, 0.3) is 0 Å². The Morgan fingerprint density at radius 2 is 2.12 bits per heavy atom. The van der Waals surface area contributed by atoms with Gasteiger partial charge in [-0.05, 0) is 28.1 Å². The van der Waals surface area contributed by atoms with E-state index in [1.54, 1.807) is 22.7 Å². The highest BCUT2D eigenvalue weighted by Crippen LogP contribution is 2.37. The maximum atomic E-state index is 6.02. The van der Waals surface area contributed by atoms with Gasteiger partial charge < -0.3 is 0 Å². The van der Waals surface area contributed by atoms with E-state index in [0.29, 0.717) is 5.15 Å². The third kappa shape index (κ3) is 1.78. The zero-order valence-electron chi connectivity index (χ0n) is 7.78. The molecule has 0 atom stereocenters. The number of rotatable bonds is 1. The summed E-state index contributed by atoms with van der Waals surface area (Å²) in [6.07, 6.45) is 1.49. The van der Waals surface area contributed by atoms with Crippen LogP contribution in [0, 0.1) is 0 Å². The Kier molecular flexibility index (Phi) is 2.71. The van der Waals surface area contributed by atoms with Crippen LogP contribution in [-0.4, -0.2) is 9.97 Å². The van der Waals surface area contributed by atoms with Crippen LogP contribution >= 0.6 is 50.2 Å². The number of hydrogen-bond donors (Lipinski definition) is 0. The molecule has 0 radical (unpaired) electrons. The molecule has 3 aromatic heterocycles. The summed E-state index contributed by atoms with van der Waals surface area (Å²) < 4.78 is 2.07. The fraction of sp³-hybridized carbons (Fsp3) is 0. The molecule has 0 saturated heterocycles. The molecule has 0 N–H and O–H groups in total. The van der Waals surface area contributed by atoms with E-state index in [1.165, 1.54) is 16.8 Å². The van der Waals surface area contributed by atoms with Crippen LogP contribution in [-0.2, 0) is 0 Å². The molecule has 3 aromatic rings.